The molecule has 0 fully saturated rings. The molecule has 1 rings (SSSR count). The third-order valence-corrected chi connectivity index (χ3v) is 5.52. The molecule has 0 radical (unpaired) electrons. The van der Waals surface area contributed by atoms with Gasteiger partial charge in [-0.2, -0.15) is 0 Å². The summed E-state index contributed by atoms with van der Waals surface area (Å²) in [5.41, 5.74) is 12.1. The first-order chi connectivity index (χ1) is 16.8. The van der Waals surface area contributed by atoms with Crippen molar-refractivity contribution >= 4 is 29.6 Å². The Bertz CT molecular complexity index is 905. The van der Waals surface area contributed by atoms with Crippen molar-refractivity contribution in [3.63, 3.8) is 0 Å². The van der Waals surface area contributed by atoms with Crippen LogP contribution in [0, 0.1) is 11.8 Å². The van der Waals surface area contributed by atoms with Crippen molar-refractivity contribution in [1.82, 2.24) is 16.0 Å². The van der Waals surface area contributed by atoms with Crippen LogP contribution in [0.3, 0.4) is 0 Å². The van der Waals surface area contributed by atoms with Crippen LogP contribution in [0.4, 0.5) is 0 Å². The van der Waals surface area contributed by atoms with Gasteiger partial charge >= 0.3 is 5.97 Å². The van der Waals surface area contributed by atoms with Crippen LogP contribution in [-0.4, -0.2) is 58.9 Å². The van der Waals surface area contributed by atoms with Gasteiger partial charge in [0.25, 0.3) is 0 Å². The molecule has 11 nitrogen and oxygen atoms in total. The smallest absolute Gasteiger partial charge is 0.326 e. The van der Waals surface area contributed by atoms with E-state index in [1.807, 2.05) is 44.2 Å². The topological polar surface area (TPSA) is 194 Å². The molecule has 0 saturated heterocycles. The van der Waals surface area contributed by atoms with Crippen molar-refractivity contribution in [1.29, 1.82) is 0 Å². The molecule has 200 valence electrons. The van der Waals surface area contributed by atoms with Crippen LogP contribution in [0.15, 0.2) is 30.3 Å². The molecule has 36 heavy (non-hydrogen) atoms. The number of carbonyl (C=O) groups excluding carboxylic acids is 4. The fraction of sp³-hybridized carbons (Fsp3) is 0.560. The van der Waals surface area contributed by atoms with E-state index < -0.39 is 59.7 Å². The highest BCUT2D eigenvalue weighted by Crippen LogP contribution is 2.09. The highest BCUT2D eigenvalue weighted by molar-refractivity contribution is 5.94. The molecule has 0 saturated carbocycles. The van der Waals surface area contributed by atoms with Gasteiger partial charge in [0.05, 0.1) is 6.04 Å². The summed E-state index contributed by atoms with van der Waals surface area (Å²) in [5, 5.41) is 17.0. The van der Waals surface area contributed by atoms with Gasteiger partial charge in [-0.3, -0.25) is 19.2 Å². The lowest BCUT2D eigenvalue weighted by Gasteiger charge is -2.26. The number of hydrogen-bond acceptors (Lipinski definition) is 6. The van der Waals surface area contributed by atoms with Crippen molar-refractivity contribution in [3.8, 4) is 0 Å². The molecule has 4 atom stereocenters. The normalized spacial score (nSPS) is 14.4. The van der Waals surface area contributed by atoms with Gasteiger partial charge in [-0.1, -0.05) is 58.0 Å². The lowest BCUT2D eigenvalue weighted by atomic mass is 10.00. The Kier molecular flexibility index (Phi) is 12.6. The maximum atomic E-state index is 13.1. The summed E-state index contributed by atoms with van der Waals surface area (Å²) in [4.78, 5) is 61.5. The number of carboxylic acids is 1. The first-order valence-corrected chi connectivity index (χ1v) is 12.0. The number of amides is 4. The van der Waals surface area contributed by atoms with Crippen molar-refractivity contribution in [2.24, 2.45) is 23.3 Å². The zero-order valence-electron chi connectivity index (χ0n) is 21.3. The maximum Gasteiger partial charge on any atom is 0.326 e. The summed E-state index contributed by atoms with van der Waals surface area (Å²) in [6, 6.07) is 4.89. The number of primary amides is 1. The third kappa shape index (κ3) is 10.9. The Hall–Kier alpha value is -3.47. The number of benzene rings is 1. The number of nitrogens with two attached hydrogens (primary N) is 2. The van der Waals surface area contributed by atoms with E-state index >= 15 is 0 Å². The molecule has 11 heteroatoms. The van der Waals surface area contributed by atoms with Crippen molar-refractivity contribution < 1.29 is 29.1 Å². The zero-order chi connectivity index (χ0) is 27.4. The molecule has 0 aliphatic rings. The molecule has 4 amide bonds. The number of carboxylic acid groups (broad SMARTS) is 1. The van der Waals surface area contributed by atoms with Crippen LogP contribution < -0.4 is 27.4 Å². The van der Waals surface area contributed by atoms with E-state index in [1.54, 1.807) is 13.8 Å². The second kappa shape index (κ2) is 14.8. The van der Waals surface area contributed by atoms with Crippen LogP contribution in [0.2, 0.25) is 0 Å². The van der Waals surface area contributed by atoms with Crippen molar-refractivity contribution in [2.45, 2.75) is 77.5 Å². The molecular formula is C25H39N5O6. The van der Waals surface area contributed by atoms with E-state index in [0.717, 1.165) is 5.56 Å². The van der Waals surface area contributed by atoms with Crippen LogP contribution >= 0.6 is 0 Å². The Labute approximate surface area is 211 Å². The van der Waals surface area contributed by atoms with Gasteiger partial charge in [0.1, 0.15) is 18.1 Å². The standard InChI is InChI=1S/C25H39N5O6/c1-14(2)12-19(29-22(32)17(26)13-16-8-6-5-7-9-16)24(34)28-18(10-11-20(27)31)23(33)30-21(15(3)4)25(35)36/h5-9,14-15,17-19,21H,10-13,26H2,1-4H3,(H2,27,31)(H,28,34)(H,29,32)(H,30,33)(H,35,36). The van der Waals surface area contributed by atoms with E-state index in [2.05, 4.69) is 16.0 Å². The van der Waals surface area contributed by atoms with Crippen LogP contribution in [-0.2, 0) is 30.4 Å². The summed E-state index contributed by atoms with van der Waals surface area (Å²) in [7, 11) is 0. The number of aliphatic carboxylic acids is 1. The number of nitrogens with one attached hydrogen (secondary N) is 3. The van der Waals surface area contributed by atoms with Gasteiger partial charge in [0.15, 0.2) is 0 Å². The van der Waals surface area contributed by atoms with Gasteiger partial charge < -0.3 is 32.5 Å². The molecular weight excluding hydrogens is 466 g/mol. The van der Waals surface area contributed by atoms with E-state index in [4.69, 9.17) is 11.5 Å². The molecule has 1 aromatic rings. The SMILES string of the molecule is CC(C)CC(NC(=O)C(N)Cc1ccccc1)C(=O)NC(CCC(N)=O)C(=O)NC(C(=O)O)C(C)C. The van der Waals surface area contributed by atoms with Gasteiger partial charge in [0.2, 0.25) is 23.6 Å². The molecule has 0 bridgehead atoms. The van der Waals surface area contributed by atoms with Gasteiger partial charge in [-0.15, -0.1) is 0 Å². The molecule has 0 aliphatic heterocycles. The van der Waals surface area contributed by atoms with E-state index in [9.17, 15) is 29.1 Å². The average Bonchev–Trinajstić information content (AvgIpc) is 2.79. The highest BCUT2D eigenvalue weighted by Gasteiger charge is 2.31. The predicted molar refractivity (Wildman–Crippen MR) is 134 cm³/mol. The van der Waals surface area contributed by atoms with Gasteiger partial charge in [-0.25, -0.2) is 4.79 Å². The number of rotatable bonds is 15. The number of carbonyl (C=O) groups is 5. The number of hydrogen-bond donors (Lipinski definition) is 6. The van der Waals surface area contributed by atoms with Crippen LogP contribution in [0.5, 0.6) is 0 Å². The van der Waals surface area contributed by atoms with Gasteiger partial charge in [0, 0.05) is 6.42 Å². The Morgan fingerprint density at radius 1 is 0.861 bits per heavy atom. The zero-order valence-corrected chi connectivity index (χ0v) is 21.3. The second-order valence-corrected chi connectivity index (χ2v) is 9.62. The Balaban J connectivity index is 2.99. The largest absolute Gasteiger partial charge is 0.480 e. The Morgan fingerprint density at radius 3 is 1.92 bits per heavy atom. The summed E-state index contributed by atoms with van der Waals surface area (Å²) in [5.74, 6) is -4.25. The molecule has 4 unspecified atom stereocenters. The molecule has 0 spiro atoms. The molecule has 0 heterocycles. The van der Waals surface area contributed by atoms with E-state index in [1.165, 1.54) is 0 Å². The van der Waals surface area contributed by atoms with Crippen molar-refractivity contribution in [3.05, 3.63) is 35.9 Å². The molecule has 0 aromatic heterocycles. The highest BCUT2D eigenvalue weighted by atomic mass is 16.4. The monoisotopic (exact) mass is 505 g/mol. The van der Waals surface area contributed by atoms with E-state index in [0.29, 0.717) is 0 Å². The summed E-state index contributed by atoms with van der Waals surface area (Å²) < 4.78 is 0. The van der Waals surface area contributed by atoms with Gasteiger partial charge in [-0.05, 0) is 36.7 Å². The van der Waals surface area contributed by atoms with Crippen LogP contribution in [0.1, 0.15) is 52.5 Å². The van der Waals surface area contributed by atoms with E-state index in [-0.39, 0.29) is 31.6 Å². The van der Waals surface area contributed by atoms with Crippen molar-refractivity contribution in [2.75, 3.05) is 0 Å². The summed E-state index contributed by atoms with van der Waals surface area (Å²) >= 11 is 0. The average molecular weight is 506 g/mol. The summed E-state index contributed by atoms with van der Waals surface area (Å²) in [6.45, 7) is 6.99. The Morgan fingerprint density at radius 2 is 1.42 bits per heavy atom. The fourth-order valence-corrected chi connectivity index (χ4v) is 3.54. The maximum absolute atomic E-state index is 13.1. The second-order valence-electron chi connectivity index (χ2n) is 9.62. The predicted octanol–water partition coefficient (Wildman–Crippen LogP) is 0.0630. The minimum absolute atomic E-state index is 0.0154. The minimum Gasteiger partial charge on any atom is -0.480 e. The minimum atomic E-state index is -1.23. The summed E-state index contributed by atoms with van der Waals surface area (Å²) in [6.07, 6.45) is 0.204. The fourth-order valence-electron chi connectivity index (χ4n) is 3.54. The van der Waals surface area contributed by atoms with Crippen LogP contribution in [0.25, 0.3) is 0 Å². The first-order valence-electron chi connectivity index (χ1n) is 12.0. The lowest BCUT2D eigenvalue weighted by molar-refractivity contribution is -0.143. The third-order valence-electron chi connectivity index (χ3n) is 5.52. The molecule has 8 N–H and O–H groups in total. The first kappa shape index (κ1) is 30.6. The quantitative estimate of drug-likeness (QED) is 0.194. The lowest BCUT2D eigenvalue weighted by Crippen LogP contribution is -2.58. The molecule has 1 aromatic carbocycles. The molecule has 0 aliphatic carbocycles.